The van der Waals surface area contributed by atoms with Crippen molar-refractivity contribution >= 4 is 27.5 Å². The van der Waals surface area contributed by atoms with Crippen LogP contribution in [0.3, 0.4) is 0 Å². The second-order valence-electron chi connectivity index (χ2n) is 4.17. The Bertz CT molecular complexity index is 713. The Morgan fingerprint density at radius 1 is 1.06 bits per heavy atom. The zero-order chi connectivity index (χ0) is 12.7. The van der Waals surface area contributed by atoms with Crippen LogP contribution in [0.25, 0.3) is 21.5 Å². The molecule has 18 heavy (non-hydrogen) atoms. The number of thiazole rings is 1. The molecule has 0 amide bonds. The summed E-state index contributed by atoms with van der Waals surface area (Å²) in [6.45, 7) is 3.92. The predicted molar refractivity (Wildman–Crippen MR) is 74.5 cm³/mol. The lowest BCUT2D eigenvalue weighted by molar-refractivity contribution is 1.12. The Kier molecular flexibility index (Phi) is 2.48. The molecule has 0 aliphatic heterocycles. The lowest BCUT2D eigenvalue weighted by atomic mass is 10.1. The van der Waals surface area contributed by atoms with Gasteiger partial charge in [0.15, 0.2) is 0 Å². The molecule has 3 rings (SSSR count). The molecule has 0 atom stereocenters. The average Bonchev–Trinajstić information content (AvgIpc) is 2.66. The number of rotatable bonds is 1. The van der Waals surface area contributed by atoms with Gasteiger partial charge in [-0.3, -0.25) is 0 Å². The molecule has 0 spiro atoms. The molecule has 4 nitrogen and oxygen atoms in total. The Hall–Kier alpha value is -2.01. The molecule has 0 bridgehead atoms. The number of fused-ring (bicyclic) bond motifs is 1. The van der Waals surface area contributed by atoms with E-state index in [0.29, 0.717) is 5.95 Å². The topological polar surface area (TPSA) is 64.7 Å². The number of benzene rings is 1. The molecule has 0 saturated heterocycles. The fourth-order valence-electron chi connectivity index (χ4n) is 1.94. The Morgan fingerprint density at radius 3 is 2.67 bits per heavy atom. The first-order valence-electron chi connectivity index (χ1n) is 5.60. The van der Waals surface area contributed by atoms with Crippen molar-refractivity contribution in [2.75, 3.05) is 5.73 Å². The first-order valence-corrected chi connectivity index (χ1v) is 6.42. The molecule has 0 aliphatic carbocycles. The molecule has 0 fully saturated rings. The van der Waals surface area contributed by atoms with E-state index < -0.39 is 0 Å². The SMILES string of the molecule is Cc1cc(-c2ccc3sc(C)nc3c2)nc(N)n1. The van der Waals surface area contributed by atoms with Crippen LogP contribution >= 0.6 is 11.3 Å². The van der Waals surface area contributed by atoms with Gasteiger partial charge < -0.3 is 5.73 Å². The summed E-state index contributed by atoms with van der Waals surface area (Å²) in [6.07, 6.45) is 0. The molecule has 0 aliphatic rings. The van der Waals surface area contributed by atoms with Crippen molar-refractivity contribution in [3.63, 3.8) is 0 Å². The highest BCUT2D eigenvalue weighted by Gasteiger charge is 2.06. The second kappa shape index (κ2) is 4.03. The van der Waals surface area contributed by atoms with E-state index in [9.17, 15) is 0 Å². The van der Waals surface area contributed by atoms with E-state index >= 15 is 0 Å². The Labute approximate surface area is 109 Å². The number of anilines is 1. The van der Waals surface area contributed by atoms with Gasteiger partial charge in [0.05, 0.1) is 20.9 Å². The molecule has 0 saturated carbocycles. The quantitative estimate of drug-likeness (QED) is 0.727. The van der Waals surface area contributed by atoms with Crippen LogP contribution in [0.15, 0.2) is 24.3 Å². The summed E-state index contributed by atoms with van der Waals surface area (Å²) in [4.78, 5) is 12.8. The Morgan fingerprint density at radius 2 is 1.89 bits per heavy atom. The average molecular weight is 256 g/mol. The number of nitrogens with two attached hydrogens (primary N) is 1. The van der Waals surface area contributed by atoms with Gasteiger partial charge in [0.25, 0.3) is 0 Å². The monoisotopic (exact) mass is 256 g/mol. The van der Waals surface area contributed by atoms with Gasteiger partial charge in [-0.05, 0) is 32.0 Å². The summed E-state index contributed by atoms with van der Waals surface area (Å²) in [5, 5.41) is 1.07. The number of nitrogen functional groups attached to an aromatic ring is 1. The van der Waals surface area contributed by atoms with Crippen molar-refractivity contribution in [3.8, 4) is 11.3 Å². The van der Waals surface area contributed by atoms with Gasteiger partial charge in [0.1, 0.15) is 0 Å². The minimum Gasteiger partial charge on any atom is -0.368 e. The minimum atomic E-state index is 0.305. The Balaban J connectivity index is 2.18. The van der Waals surface area contributed by atoms with Crippen LogP contribution in [-0.4, -0.2) is 15.0 Å². The van der Waals surface area contributed by atoms with Crippen LogP contribution in [0.4, 0.5) is 5.95 Å². The summed E-state index contributed by atoms with van der Waals surface area (Å²) >= 11 is 1.69. The van der Waals surface area contributed by atoms with Crippen LogP contribution in [-0.2, 0) is 0 Å². The lowest BCUT2D eigenvalue weighted by Gasteiger charge is -2.03. The highest BCUT2D eigenvalue weighted by molar-refractivity contribution is 7.18. The zero-order valence-electron chi connectivity index (χ0n) is 10.1. The molecule has 2 N–H and O–H groups in total. The molecule has 0 radical (unpaired) electrons. The first kappa shape index (κ1) is 11.1. The van der Waals surface area contributed by atoms with Crippen molar-refractivity contribution in [3.05, 3.63) is 35.0 Å². The normalized spacial score (nSPS) is 11.0. The van der Waals surface area contributed by atoms with E-state index in [-0.39, 0.29) is 0 Å². The van der Waals surface area contributed by atoms with E-state index in [0.717, 1.165) is 27.5 Å². The summed E-state index contributed by atoms with van der Waals surface area (Å²) < 4.78 is 1.19. The van der Waals surface area contributed by atoms with Gasteiger partial charge in [-0.1, -0.05) is 6.07 Å². The van der Waals surface area contributed by atoms with Gasteiger partial charge in [0.2, 0.25) is 5.95 Å². The standard InChI is InChI=1S/C13H12N4S/c1-7-5-10(17-13(14)15-7)9-3-4-12-11(6-9)16-8(2)18-12/h3-6H,1-2H3,(H2,14,15,17). The number of hydrogen-bond donors (Lipinski definition) is 1. The molecule has 1 aromatic carbocycles. The van der Waals surface area contributed by atoms with Crippen LogP contribution < -0.4 is 5.73 Å². The van der Waals surface area contributed by atoms with Gasteiger partial charge in [0, 0.05) is 11.3 Å². The van der Waals surface area contributed by atoms with Crippen molar-refractivity contribution in [2.45, 2.75) is 13.8 Å². The van der Waals surface area contributed by atoms with Crippen LogP contribution in [0.2, 0.25) is 0 Å². The first-order chi connectivity index (χ1) is 8.61. The van der Waals surface area contributed by atoms with E-state index in [1.54, 1.807) is 11.3 Å². The lowest BCUT2D eigenvalue weighted by Crippen LogP contribution is -1.98. The summed E-state index contributed by atoms with van der Waals surface area (Å²) in [6, 6.07) is 8.08. The van der Waals surface area contributed by atoms with Crippen molar-refractivity contribution in [1.29, 1.82) is 0 Å². The van der Waals surface area contributed by atoms with Crippen LogP contribution in [0, 0.1) is 13.8 Å². The maximum absolute atomic E-state index is 5.68. The van der Waals surface area contributed by atoms with E-state index in [1.165, 1.54) is 4.70 Å². The smallest absolute Gasteiger partial charge is 0.220 e. The van der Waals surface area contributed by atoms with Crippen molar-refractivity contribution < 1.29 is 0 Å². The zero-order valence-corrected chi connectivity index (χ0v) is 11.0. The largest absolute Gasteiger partial charge is 0.368 e. The highest BCUT2D eigenvalue weighted by Crippen LogP contribution is 2.27. The van der Waals surface area contributed by atoms with E-state index in [4.69, 9.17) is 5.73 Å². The van der Waals surface area contributed by atoms with Crippen molar-refractivity contribution in [1.82, 2.24) is 15.0 Å². The number of aromatic nitrogens is 3. The maximum atomic E-state index is 5.68. The molecular weight excluding hydrogens is 244 g/mol. The third-order valence-corrected chi connectivity index (χ3v) is 3.61. The highest BCUT2D eigenvalue weighted by atomic mass is 32.1. The number of aryl methyl sites for hydroxylation is 2. The fourth-order valence-corrected chi connectivity index (χ4v) is 2.75. The molecule has 90 valence electrons. The summed E-state index contributed by atoms with van der Waals surface area (Å²) in [7, 11) is 0. The van der Waals surface area contributed by atoms with Gasteiger partial charge in [-0.25, -0.2) is 15.0 Å². The predicted octanol–water partition coefficient (Wildman–Crippen LogP) is 2.95. The molecule has 5 heteroatoms. The third-order valence-electron chi connectivity index (χ3n) is 2.66. The molecule has 3 aromatic rings. The minimum absolute atomic E-state index is 0.305. The molecule has 2 aromatic heterocycles. The van der Waals surface area contributed by atoms with Crippen LogP contribution in [0.1, 0.15) is 10.7 Å². The third kappa shape index (κ3) is 1.93. The molecule has 0 unspecified atom stereocenters. The van der Waals surface area contributed by atoms with Crippen molar-refractivity contribution in [2.24, 2.45) is 0 Å². The van der Waals surface area contributed by atoms with Gasteiger partial charge >= 0.3 is 0 Å². The number of nitrogens with zero attached hydrogens (tertiary/aromatic N) is 3. The summed E-state index contributed by atoms with van der Waals surface area (Å²) in [5.74, 6) is 0.305. The van der Waals surface area contributed by atoms with E-state index in [1.807, 2.05) is 32.0 Å². The second-order valence-corrected chi connectivity index (χ2v) is 5.40. The van der Waals surface area contributed by atoms with Gasteiger partial charge in [-0.2, -0.15) is 0 Å². The van der Waals surface area contributed by atoms with Crippen LogP contribution in [0.5, 0.6) is 0 Å². The molecular formula is C13H12N4S. The fraction of sp³-hybridized carbons (Fsp3) is 0.154. The van der Waals surface area contributed by atoms with Gasteiger partial charge in [-0.15, -0.1) is 11.3 Å². The molecule has 2 heterocycles. The summed E-state index contributed by atoms with van der Waals surface area (Å²) in [5.41, 5.74) is 9.41. The van der Waals surface area contributed by atoms with E-state index in [2.05, 4.69) is 21.0 Å². The number of hydrogen-bond acceptors (Lipinski definition) is 5. The maximum Gasteiger partial charge on any atom is 0.220 e.